The van der Waals surface area contributed by atoms with Crippen LogP contribution in [-0.2, 0) is 9.47 Å². The average molecular weight is 735 g/mol. The van der Waals surface area contributed by atoms with Crippen LogP contribution in [0.15, 0.2) is 44.8 Å². The van der Waals surface area contributed by atoms with Crippen LogP contribution in [0.2, 0.25) is 0 Å². The molecule has 0 N–H and O–H groups in total. The second-order valence-electron chi connectivity index (χ2n) is 11.9. The number of carbonyl (C=O) groups excluding carboxylic acids is 2. The van der Waals surface area contributed by atoms with E-state index in [-0.39, 0.29) is 0 Å². The molecule has 0 unspecified atom stereocenters. The summed E-state index contributed by atoms with van der Waals surface area (Å²) in [6, 6.07) is 12.6. The molecule has 0 amide bonds. The zero-order valence-corrected chi connectivity index (χ0v) is 31.9. The van der Waals surface area contributed by atoms with Crippen LogP contribution in [0, 0.1) is 0 Å². The molecular formula is C32H30O4S8. The number of rotatable bonds is 6. The fourth-order valence-corrected chi connectivity index (χ4v) is 16.2. The monoisotopic (exact) mass is 734 g/mol. The Bertz CT molecular complexity index is 2110. The van der Waals surface area contributed by atoms with Gasteiger partial charge in [-0.15, -0.1) is 68.0 Å². The number of fused-ring (bicyclic) bond motifs is 6. The molecule has 0 saturated heterocycles. The van der Waals surface area contributed by atoms with Gasteiger partial charge < -0.3 is 9.47 Å². The summed E-state index contributed by atoms with van der Waals surface area (Å²) in [5.74, 6) is -0.850. The van der Waals surface area contributed by atoms with Gasteiger partial charge in [0, 0.05) is 48.1 Å². The van der Waals surface area contributed by atoms with Crippen LogP contribution in [0.1, 0.15) is 20.7 Å². The lowest BCUT2D eigenvalue weighted by molar-refractivity contribution is 0.0588. The molecule has 0 fully saturated rings. The number of hydrogen-bond acceptors (Lipinski definition) is 10. The topological polar surface area (TPSA) is 52.6 Å². The Kier molecular flexibility index (Phi) is 7.57. The van der Waals surface area contributed by atoms with Crippen molar-refractivity contribution in [3.05, 3.63) is 47.5 Å². The second-order valence-corrected chi connectivity index (χ2v) is 27.1. The van der Waals surface area contributed by atoms with E-state index < -0.39 is 32.0 Å². The van der Waals surface area contributed by atoms with Gasteiger partial charge in [0.25, 0.3) is 0 Å². The van der Waals surface area contributed by atoms with Crippen molar-refractivity contribution in [1.29, 1.82) is 0 Å². The minimum Gasteiger partial charge on any atom is -0.465 e. The molecule has 230 valence electrons. The summed E-state index contributed by atoms with van der Waals surface area (Å²) in [7, 11) is 1.17. The molecule has 0 saturated carbocycles. The van der Waals surface area contributed by atoms with E-state index in [9.17, 15) is 9.59 Å². The third kappa shape index (κ3) is 5.06. The highest BCUT2D eigenvalue weighted by Gasteiger charge is 2.26. The lowest BCUT2D eigenvalue weighted by Crippen LogP contribution is -2.09. The number of thiophene rings is 6. The summed E-state index contributed by atoms with van der Waals surface area (Å²) in [6.07, 6.45) is 13.9. The molecular weight excluding hydrogens is 705 g/mol. The molecule has 0 aliphatic rings. The molecule has 0 radical (unpaired) electrons. The van der Waals surface area contributed by atoms with Crippen molar-refractivity contribution in [2.45, 2.75) is 8.42 Å². The van der Waals surface area contributed by atoms with Gasteiger partial charge in [-0.25, -0.2) is 29.6 Å². The predicted molar refractivity (Wildman–Crippen MR) is 205 cm³/mol. The van der Waals surface area contributed by atoms with Crippen LogP contribution in [-0.4, -0.2) is 63.7 Å². The number of methoxy groups -OCH3 is 2. The number of benzene rings is 1. The van der Waals surface area contributed by atoms with Gasteiger partial charge >= 0.3 is 11.9 Å². The Balaban J connectivity index is 1.41. The molecule has 7 aromatic rings. The third-order valence-electron chi connectivity index (χ3n) is 7.31. The van der Waals surface area contributed by atoms with Crippen LogP contribution in [0.25, 0.3) is 58.5 Å². The molecule has 0 aliphatic carbocycles. The Labute approximate surface area is 282 Å². The first-order valence-corrected chi connectivity index (χ1v) is 24.0. The van der Waals surface area contributed by atoms with Gasteiger partial charge in [-0.3, -0.25) is 0 Å². The zero-order valence-electron chi connectivity index (χ0n) is 25.4. The summed E-state index contributed by atoms with van der Waals surface area (Å²) in [5.41, 5.74) is 2.28. The van der Waals surface area contributed by atoms with E-state index in [1.807, 2.05) is 34.8 Å². The van der Waals surface area contributed by atoms with Gasteiger partial charge in [0.1, 0.15) is 0 Å². The van der Waals surface area contributed by atoms with Crippen molar-refractivity contribution in [2.24, 2.45) is 0 Å². The van der Waals surface area contributed by atoms with Crippen LogP contribution in [0.5, 0.6) is 0 Å². The molecule has 44 heavy (non-hydrogen) atoms. The summed E-state index contributed by atoms with van der Waals surface area (Å²) < 4.78 is 23.5. The molecule has 0 spiro atoms. The minimum atomic E-state index is -0.822. The van der Waals surface area contributed by atoms with Gasteiger partial charge in [-0.1, -0.05) is 0 Å². The highest BCUT2D eigenvalue weighted by Crippen LogP contribution is 2.56. The average Bonchev–Trinajstić information content (AvgIpc) is 3.77. The van der Waals surface area contributed by atoms with E-state index in [0.717, 1.165) is 9.75 Å². The maximum absolute atomic E-state index is 13.3. The molecule has 0 aliphatic heterocycles. The maximum atomic E-state index is 13.3. The van der Waals surface area contributed by atoms with Gasteiger partial charge in [-0.2, -0.15) is 0 Å². The molecule has 6 heterocycles. The third-order valence-corrected chi connectivity index (χ3v) is 20.7. The summed E-state index contributed by atoms with van der Waals surface area (Å²) in [5, 5.41) is 0. The van der Waals surface area contributed by atoms with Gasteiger partial charge in [0.2, 0.25) is 0 Å². The highest BCUT2D eigenvalue weighted by molar-refractivity contribution is 8.33. The Morgan fingerprint density at radius 2 is 0.841 bits per heavy atom. The zero-order chi connectivity index (χ0) is 31.3. The standard InChI is InChI=1S/C32H30O4S8/c1-35-31(33)17-9-16(20-12-22-28(40-20)30-24(38-22)14-26(42-30)44(6,7)8)18(32(34)36-2)10-15(17)19-11-21-27(39-19)29-23(37-21)13-25(41-29)43(3,4)5/h9-14H,1-8H3. The van der Waals surface area contributed by atoms with E-state index in [2.05, 4.69) is 61.8 Å². The molecule has 6 aromatic heterocycles. The number of esters is 2. The molecule has 0 atom stereocenters. The molecule has 0 bridgehead atoms. The minimum absolute atomic E-state index is 0.425. The summed E-state index contributed by atoms with van der Waals surface area (Å²) >= 11 is 10.7. The van der Waals surface area contributed by atoms with Crippen molar-refractivity contribution in [3.8, 4) is 20.9 Å². The first kappa shape index (κ1) is 30.7. The molecule has 7 rings (SSSR count). The van der Waals surface area contributed by atoms with Gasteiger partial charge in [0.15, 0.2) is 0 Å². The molecule has 4 nitrogen and oxygen atoms in total. The van der Waals surface area contributed by atoms with Crippen LogP contribution in [0.4, 0.5) is 0 Å². The van der Waals surface area contributed by atoms with Crippen LogP contribution >= 0.6 is 88.1 Å². The van der Waals surface area contributed by atoms with Crippen molar-refractivity contribution in [3.63, 3.8) is 0 Å². The highest BCUT2D eigenvalue weighted by atomic mass is 32.3. The van der Waals surface area contributed by atoms with E-state index in [1.54, 1.807) is 45.3 Å². The quantitative estimate of drug-likeness (QED) is 0.160. The largest absolute Gasteiger partial charge is 0.465 e. The summed E-state index contributed by atoms with van der Waals surface area (Å²) in [4.78, 5) is 28.5. The van der Waals surface area contributed by atoms with E-state index in [4.69, 9.17) is 9.47 Å². The second kappa shape index (κ2) is 10.8. The first-order valence-electron chi connectivity index (χ1n) is 13.4. The molecule has 1 aromatic carbocycles. The van der Waals surface area contributed by atoms with E-state index >= 15 is 0 Å². The number of ether oxygens (including phenoxy) is 2. The Hall–Kier alpha value is -1.90. The van der Waals surface area contributed by atoms with Crippen molar-refractivity contribution in [2.75, 3.05) is 51.8 Å². The number of hydrogen-bond donors (Lipinski definition) is 0. The van der Waals surface area contributed by atoms with Crippen molar-refractivity contribution >= 4 is 138 Å². The predicted octanol–water partition coefficient (Wildman–Crippen LogP) is 11.7. The smallest absolute Gasteiger partial charge is 0.338 e. The normalized spacial score (nSPS) is 13.5. The maximum Gasteiger partial charge on any atom is 0.338 e. The first-order chi connectivity index (χ1) is 20.8. The van der Waals surface area contributed by atoms with E-state index in [0.29, 0.717) is 22.3 Å². The Morgan fingerprint density at radius 1 is 0.500 bits per heavy atom. The van der Waals surface area contributed by atoms with E-state index in [1.165, 1.54) is 60.2 Å². The molecule has 12 heteroatoms. The lowest BCUT2D eigenvalue weighted by atomic mass is 9.96. The van der Waals surface area contributed by atoms with Crippen LogP contribution in [0.3, 0.4) is 0 Å². The van der Waals surface area contributed by atoms with Crippen LogP contribution < -0.4 is 0 Å². The lowest BCUT2D eigenvalue weighted by Gasteiger charge is -2.22. The van der Waals surface area contributed by atoms with Gasteiger partial charge in [0.05, 0.1) is 44.1 Å². The fraction of sp³-hybridized carbons (Fsp3) is 0.250. The summed E-state index contributed by atoms with van der Waals surface area (Å²) in [6.45, 7) is 0. The SMILES string of the molecule is COC(=O)c1cc(-c2cc3sc4cc(S(C)(C)C)sc4c3s2)c(C(=O)OC)cc1-c1cc2sc3cc(S(C)(C)C)sc3c2s1. The van der Waals surface area contributed by atoms with Crippen molar-refractivity contribution < 1.29 is 19.1 Å². The Morgan fingerprint density at radius 3 is 1.18 bits per heavy atom. The number of carbonyl (C=O) groups is 2. The van der Waals surface area contributed by atoms with Gasteiger partial charge in [-0.05, 0) is 73.9 Å². The fourth-order valence-electron chi connectivity index (χ4n) is 5.06. The van der Waals surface area contributed by atoms with Crippen molar-refractivity contribution in [1.82, 2.24) is 0 Å².